The number of amides is 3. The summed E-state index contributed by atoms with van der Waals surface area (Å²) < 4.78 is 38.5. The fourth-order valence-electron chi connectivity index (χ4n) is 3.68. The molecule has 1 aromatic rings. The molecule has 3 amide bonds. The molecule has 1 aromatic carbocycles. The lowest BCUT2D eigenvalue weighted by Gasteiger charge is -2.44. The number of urea groups is 1. The monoisotopic (exact) mass is 415 g/mol. The first-order valence-electron chi connectivity index (χ1n) is 9.31. The molecule has 2 saturated heterocycles. The van der Waals surface area contributed by atoms with E-state index in [0.717, 1.165) is 24.4 Å². The van der Waals surface area contributed by atoms with Crippen LogP contribution in [0.1, 0.15) is 32.3 Å². The number of carbonyl (C=O) groups excluding carboxylic acids is 2. The standard InChI is InChI=1S/C19H24F3N3O2S/c1-13(2)16(26)25-10-11-28-18(25)6-8-24(9-7-18)17(27)23-15-5-3-4-14(12-15)19(20,21)22/h3-5,12-13H,6-11H2,1-2H3,(H,23,27). The van der Waals surface area contributed by atoms with Gasteiger partial charge in [0.05, 0.1) is 10.4 Å². The zero-order chi connectivity index (χ0) is 20.5. The minimum absolute atomic E-state index is 0.0715. The summed E-state index contributed by atoms with van der Waals surface area (Å²) in [5.41, 5.74) is -0.681. The highest BCUT2D eigenvalue weighted by Crippen LogP contribution is 2.44. The molecule has 5 nitrogen and oxygen atoms in total. The number of hydrogen-bond donors (Lipinski definition) is 1. The van der Waals surface area contributed by atoms with Crippen LogP contribution in [0.4, 0.5) is 23.7 Å². The number of nitrogens with one attached hydrogen (secondary N) is 1. The zero-order valence-electron chi connectivity index (χ0n) is 15.9. The molecule has 3 rings (SSSR count). The Labute approximate surface area is 166 Å². The van der Waals surface area contributed by atoms with Gasteiger partial charge in [0.15, 0.2) is 0 Å². The van der Waals surface area contributed by atoms with Crippen LogP contribution in [-0.2, 0) is 11.0 Å². The largest absolute Gasteiger partial charge is 0.416 e. The summed E-state index contributed by atoms with van der Waals surface area (Å²) in [6, 6.07) is 4.19. The third-order valence-corrected chi connectivity index (χ3v) is 6.76. The maximum Gasteiger partial charge on any atom is 0.416 e. The summed E-state index contributed by atoms with van der Waals surface area (Å²) in [5.74, 6) is 0.944. The van der Waals surface area contributed by atoms with Crippen LogP contribution in [0.2, 0.25) is 0 Å². The molecule has 2 heterocycles. The van der Waals surface area contributed by atoms with Crippen LogP contribution in [0, 0.1) is 5.92 Å². The number of benzene rings is 1. The van der Waals surface area contributed by atoms with Gasteiger partial charge in [0.25, 0.3) is 0 Å². The molecule has 2 fully saturated rings. The van der Waals surface area contributed by atoms with E-state index in [1.165, 1.54) is 12.1 Å². The Bertz CT molecular complexity index is 746. The van der Waals surface area contributed by atoms with Gasteiger partial charge in [0.2, 0.25) is 5.91 Å². The lowest BCUT2D eigenvalue weighted by Crippen LogP contribution is -2.55. The van der Waals surface area contributed by atoms with Crippen LogP contribution in [0.15, 0.2) is 24.3 Å². The topological polar surface area (TPSA) is 52.7 Å². The minimum atomic E-state index is -4.45. The van der Waals surface area contributed by atoms with Crippen molar-refractivity contribution in [2.24, 2.45) is 5.92 Å². The van der Waals surface area contributed by atoms with E-state index in [4.69, 9.17) is 0 Å². The maximum atomic E-state index is 12.8. The molecule has 0 bridgehead atoms. The van der Waals surface area contributed by atoms with Crippen LogP contribution < -0.4 is 5.32 Å². The molecule has 9 heteroatoms. The lowest BCUT2D eigenvalue weighted by molar-refractivity contribution is -0.138. The van der Waals surface area contributed by atoms with Gasteiger partial charge < -0.3 is 15.1 Å². The molecule has 154 valence electrons. The van der Waals surface area contributed by atoms with Crippen LogP contribution in [0.25, 0.3) is 0 Å². The van der Waals surface area contributed by atoms with Gasteiger partial charge in [-0.1, -0.05) is 19.9 Å². The third kappa shape index (κ3) is 4.24. The summed E-state index contributed by atoms with van der Waals surface area (Å²) in [6.45, 7) is 5.41. The summed E-state index contributed by atoms with van der Waals surface area (Å²) in [5, 5.41) is 2.55. The van der Waals surface area contributed by atoms with E-state index in [2.05, 4.69) is 5.32 Å². The molecule has 0 aliphatic carbocycles. The van der Waals surface area contributed by atoms with Gasteiger partial charge in [-0.15, -0.1) is 11.8 Å². The van der Waals surface area contributed by atoms with E-state index in [9.17, 15) is 22.8 Å². The number of hydrogen-bond acceptors (Lipinski definition) is 3. The van der Waals surface area contributed by atoms with Crippen molar-refractivity contribution in [3.05, 3.63) is 29.8 Å². The SMILES string of the molecule is CC(C)C(=O)N1CCSC12CCN(C(=O)Nc1cccc(C(F)(F)F)c1)CC2. The average Bonchev–Trinajstić information content (AvgIpc) is 3.04. The fourth-order valence-corrected chi connectivity index (χ4v) is 5.14. The van der Waals surface area contributed by atoms with Gasteiger partial charge in [-0.3, -0.25) is 4.79 Å². The average molecular weight is 415 g/mol. The van der Waals surface area contributed by atoms with E-state index < -0.39 is 17.8 Å². The number of rotatable bonds is 2. The fraction of sp³-hybridized carbons (Fsp3) is 0.579. The van der Waals surface area contributed by atoms with Crippen molar-refractivity contribution in [2.75, 3.05) is 30.7 Å². The normalized spacial score (nSPS) is 19.4. The molecular formula is C19H24F3N3O2S. The quantitative estimate of drug-likeness (QED) is 0.785. The Hall–Kier alpha value is -1.90. The first kappa shape index (κ1) is 20.8. The third-order valence-electron chi connectivity index (χ3n) is 5.21. The van der Waals surface area contributed by atoms with Crippen molar-refractivity contribution in [3.8, 4) is 0 Å². The van der Waals surface area contributed by atoms with E-state index in [0.29, 0.717) is 25.9 Å². The minimum Gasteiger partial charge on any atom is -0.327 e. The van der Waals surface area contributed by atoms with E-state index in [1.54, 1.807) is 16.7 Å². The smallest absolute Gasteiger partial charge is 0.327 e. The van der Waals surface area contributed by atoms with Crippen molar-refractivity contribution in [3.63, 3.8) is 0 Å². The molecule has 0 aromatic heterocycles. The number of anilines is 1. The zero-order valence-corrected chi connectivity index (χ0v) is 16.7. The van der Waals surface area contributed by atoms with Gasteiger partial charge >= 0.3 is 12.2 Å². The number of nitrogens with zero attached hydrogens (tertiary/aromatic N) is 2. The van der Waals surface area contributed by atoms with Gasteiger partial charge in [0, 0.05) is 37.0 Å². The highest BCUT2D eigenvalue weighted by atomic mass is 32.2. The molecular weight excluding hydrogens is 391 g/mol. The number of piperidine rings is 1. The number of halogens is 3. The molecule has 2 aliphatic heterocycles. The second-order valence-corrected chi connectivity index (χ2v) is 8.89. The Morgan fingerprint density at radius 3 is 2.46 bits per heavy atom. The van der Waals surface area contributed by atoms with Gasteiger partial charge in [-0.05, 0) is 31.0 Å². The highest BCUT2D eigenvalue weighted by molar-refractivity contribution is 8.00. The van der Waals surface area contributed by atoms with Crippen LogP contribution in [-0.4, -0.2) is 52.0 Å². The van der Waals surface area contributed by atoms with Gasteiger partial charge in [-0.25, -0.2) is 4.79 Å². The van der Waals surface area contributed by atoms with Gasteiger partial charge in [0.1, 0.15) is 0 Å². The Morgan fingerprint density at radius 1 is 1.18 bits per heavy atom. The molecule has 2 aliphatic rings. The molecule has 28 heavy (non-hydrogen) atoms. The first-order chi connectivity index (χ1) is 13.1. The number of likely N-dealkylation sites (tertiary alicyclic amines) is 1. The number of thioether (sulfide) groups is 1. The number of alkyl halides is 3. The summed E-state index contributed by atoms with van der Waals surface area (Å²) >= 11 is 1.76. The second kappa shape index (κ2) is 7.85. The highest BCUT2D eigenvalue weighted by Gasteiger charge is 2.47. The van der Waals surface area contributed by atoms with Crippen molar-refractivity contribution in [1.82, 2.24) is 9.80 Å². The molecule has 0 atom stereocenters. The predicted octanol–water partition coefficient (Wildman–Crippen LogP) is 4.26. The Kier molecular flexibility index (Phi) is 5.84. The first-order valence-corrected chi connectivity index (χ1v) is 10.3. The van der Waals surface area contributed by atoms with E-state index in [1.807, 2.05) is 18.7 Å². The van der Waals surface area contributed by atoms with Crippen molar-refractivity contribution >= 4 is 29.4 Å². The maximum absolute atomic E-state index is 12.8. The summed E-state index contributed by atoms with van der Waals surface area (Å²) in [6.07, 6.45) is -3.14. The van der Waals surface area contributed by atoms with Crippen molar-refractivity contribution in [1.29, 1.82) is 0 Å². The summed E-state index contributed by atoms with van der Waals surface area (Å²) in [7, 11) is 0. The molecule has 0 radical (unpaired) electrons. The van der Waals surface area contributed by atoms with Crippen molar-refractivity contribution in [2.45, 2.75) is 37.7 Å². The van der Waals surface area contributed by atoms with Crippen LogP contribution in [0.5, 0.6) is 0 Å². The summed E-state index contributed by atoms with van der Waals surface area (Å²) in [4.78, 5) is 28.3. The molecule has 1 N–H and O–H groups in total. The lowest BCUT2D eigenvalue weighted by atomic mass is 10.0. The molecule has 0 unspecified atom stereocenters. The van der Waals surface area contributed by atoms with Crippen LogP contribution >= 0.6 is 11.8 Å². The Morgan fingerprint density at radius 2 is 1.86 bits per heavy atom. The van der Waals surface area contributed by atoms with Gasteiger partial charge in [-0.2, -0.15) is 13.2 Å². The second-order valence-electron chi connectivity index (χ2n) is 7.43. The van der Waals surface area contributed by atoms with E-state index in [-0.39, 0.29) is 22.4 Å². The predicted molar refractivity (Wildman–Crippen MR) is 103 cm³/mol. The molecule has 0 saturated carbocycles. The van der Waals surface area contributed by atoms with E-state index >= 15 is 0 Å². The Balaban J connectivity index is 1.62. The van der Waals surface area contributed by atoms with Crippen molar-refractivity contribution < 1.29 is 22.8 Å². The molecule has 1 spiro atoms. The van der Waals surface area contributed by atoms with Crippen LogP contribution in [0.3, 0.4) is 0 Å². The number of carbonyl (C=O) groups is 2.